The van der Waals surface area contributed by atoms with Crippen LogP contribution in [0.15, 0.2) is 42.1 Å². The third-order valence-corrected chi connectivity index (χ3v) is 5.46. The predicted octanol–water partition coefficient (Wildman–Crippen LogP) is 4.10. The van der Waals surface area contributed by atoms with Crippen molar-refractivity contribution >= 4 is 23.1 Å². The van der Waals surface area contributed by atoms with Gasteiger partial charge in [0.2, 0.25) is 5.75 Å². The molecule has 33 heavy (non-hydrogen) atoms. The Morgan fingerprint density at radius 1 is 0.818 bits per heavy atom. The molecule has 8 nitrogen and oxygen atoms in total. The predicted molar refractivity (Wildman–Crippen MR) is 126 cm³/mol. The van der Waals surface area contributed by atoms with Crippen LogP contribution < -0.4 is 24.3 Å². The van der Waals surface area contributed by atoms with Gasteiger partial charge in [-0.3, -0.25) is 14.5 Å². The molecule has 0 spiro atoms. The van der Waals surface area contributed by atoms with Crippen LogP contribution in [0.5, 0.6) is 23.0 Å². The number of hydrogen-bond donors (Lipinski definition) is 1. The van der Waals surface area contributed by atoms with E-state index in [0.29, 0.717) is 40.8 Å². The van der Waals surface area contributed by atoms with Crippen molar-refractivity contribution in [1.82, 2.24) is 4.90 Å². The molecule has 3 rings (SSSR count). The number of ether oxygens (including phenoxy) is 4. The number of carbonyl (C=O) groups is 2. The van der Waals surface area contributed by atoms with E-state index < -0.39 is 0 Å². The number of amides is 2. The minimum absolute atomic E-state index is 0.176. The summed E-state index contributed by atoms with van der Waals surface area (Å²) in [4.78, 5) is 28.1. The Bertz CT molecular complexity index is 1040. The topological polar surface area (TPSA) is 86.3 Å². The molecule has 0 radical (unpaired) electrons. The highest BCUT2D eigenvalue weighted by Crippen LogP contribution is 2.41. The van der Waals surface area contributed by atoms with Crippen LogP contribution in [-0.2, 0) is 9.59 Å². The van der Waals surface area contributed by atoms with Crippen LogP contribution in [0.1, 0.15) is 31.7 Å². The van der Waals surface area contributed by atoms with Gasteiger partial charge in [-0.05, 0) is 12.5 Å². The number of carbonyl (C=O) groups excluding carboxylic acids is 2. The molecular formula is C25H30N2O6. The fourth-order valence-corrected chi connectivity index (χ4v) is 3.81. The molecule has 1 aliphatic heterocycles. The van der Waals surface area contributed by atoms with E-state index >= 15 is 0 Å². The van der Waals surface area contributed by atoms with E-state index in [9.17, 15) is 9.59 Å². The average Bonchev–Trinajstić information content (AvgIpc) is 3.07. The zero-order valence-corrected chi connectivity index (χ0v) is 19.7. The molecule has 1 aliphatic rings. The van der Waals surface area contributed by atoms with Gasteiger partial charge < -0.3 is 24.3 Å². The van der Waals surface area contributed by atoms with E-state index in [1.807, 2.05) is 6.07 Å². The van der Waals surface area contributed by atoms with E-state index in [1.165, 1.54) is 33.3 Å². The van der Waals surface area contributed by atoms with Gasteiger partial charge in [-0.15, -0.1) is 0 Å². The van der Waals surface area contributed by atoms with Crippen LogP contribution in [0.4, 0.5) is 5.69 Å². The number of benzene rings is 2. The number of rotatable bonds is 11. The molecule has 0 aromatic heterocycles. The second kappa shape index (κ2) is 10.8. The molecule has 0 saturated carbocycles. The Labute approximate surface area is 194 Å². The van der Waals surface area contributed by atoms with Crippen molar-refractivity contribution in [2.75, 3.05) is 40.3 Å². The first-order valence-corrected chi connectivity index (χ1v) is 10.8. The lowest BCUT2D eigenvalue weighted by Crippen LogP contribution is -2.33. The van der Waals surface area contributed by atoms with Crippen molar-refractivity contribution in [3.8, 4) is 23.0 Å². The number of anilines is 1. The summed E-state index contributed by atoms with van der Waals surface area (Å²) in [5.41, 5.74) is 1.51. The second-order valence-corrected chi connectivity index (χ2v) is 7.46. The molecule has 0 saturated heterocycles. The number of imide groups is 1. The molecule has 8 heteroatoms. The van der Waals surface area contributed by atoms with Crippen molar-refractivity contribution in [3.63, 3.8) is 0 Å². The van der Waals surface area contributed by atoms with Crippen LogP contribution in [-0.4, -0.2) is 51.7 Å². The fourth-order valence-electron chi connectivity index (χ4n) is 3.81. The Balaban J connectivity index is 2.11. The summed E-state index contributed by atoms with van der Waals surface area (Å²) in [7, 11) is 6.08. The Morgan fingerprint density at radius 3 is 2.03 bits per heavy atom. The summed E-state index contributed by atoms with van der Waals surface area (Å²) in [6.07, 6.45) is 2.65. The third-order valence-electron chi connectivity index (χ3n) is 5.46. The van der Waals surface area contributed by atoms with Crippen LogP contribution in [0.2, 0.25) is 0 Å². The van der Waals surface area contributed by atoms with Crippen molar-refractivity contribution < 1.29 is 28.5 Å². The molecule has 1 heterocycles. The number of nitrogens with one attached hydrogen (secondary N) is 1. The Kier molecular flexibility index (Phi) is 7.82. The monoisotopic (exact) mass is 454 g/mol. The summed E-state index contributed by atoms with van der Waals surface area (Å²) in [5.74, 6) is 1.06. The number of nitrogens with zero attached hydrogens (tertiary/aromatic N) is 1. The third kappa shape index (κ3) is 4.74. The van der Waals surface area contributed by atoms with Gasteiger partial charge in [-0.25, -0.2) is 0 Å². The lowest BCUT2D eigenvalue weighted by Gasteiger charge is -2.16. The normalized spacial score (nSPS) is 13.4. The van der Waals surface area contributed by atoms with Crippen molar-refractivity contribution in [2.45, 2.75) is 26.2 Å². The average molecular weight is 455 g/mol. The molecular weight excluding hydrogens is 424 g/mol. The summed E-state index contributed by atoms with van der Waals surface area (Å²) in [6, 6.07) is 10.5. The van der Waals surface area contributed by atoms with Crippen molar-refractivity contribution in [1.29, 1.82) is 0 Å². The van der Waals surface area contributed by atoms with E-state index in [1.54, 1.807) is 30.3 Å². The maximum atomic E-state index is 13.4. The van der Waals surface area contributed by atoms with Gasteiger partial charge in [0.1, 0.15) is 11.4 Å². The van der Waals surface area contributed by atoms with Gasteiger partial charge in [0, 0.05) is 29.9 Å². The van der Waals surface area contributed by atoms with E-state index in [2.05, 4.69) is 12.2 Å². The molecule has 1 N–H and O–H groups in total. The highest BCUT2D eigenvalue weighted by molar-refractivity contribution is 6.37. The van der Waals surface area contributed by atoms with Gasteiger partial charge >= 0.3 is 0 Å². The van der Waals surface area contributed by atoms with Gasteiger partial charge in [0.05, 0.1) is 34.0 Å². The van der Waals surface area contributed by atoms with Crippen LogP contribution in [0.25, 0.3) is 5.57 Å². The lowest BCUT2D eigenvalue weighted by molar-refractivity contribution is -0.136. The first-order valence-electron chi connectivity index (χ1n) is 10.8. The Morgan fingerprint density at radius 2 is 1.45 bits per heavy atom. The van der Waals surface area contributed by atoms with E-state index in [-0.39, 0.29) is 23.1 Å². The minimum atomic E-state index is -0.384. The van der Waals surface area contributed by atoms with Gasteiger partial charge in [-0.2, -0.15) is 0 Å². The maximum absolute atomic E-state index is 13.4. The highest BCUT2D eigenvalue weighted by atomic mass is 16.5. The molecule has 0 fully saturated rings. The Hall–Kier alpha value is -3.68. The summed E-state index contributed by atoms with van der Waals surface area (Å²) in [5, 5.41) is 3.14. The van der Waals surface area contributed by atoms with Crippen molar-refractivity contribution in [2.24, 2.45) is 0 Å². The lowest BCUT2D eigenvalue weighted by atomic mass is 10.0. The smallest absolute Gasteiger partial charge is 0.278 e. The van der Waals surface area contributed by atoms with E-state index in [0.717, 1.165) is 19.3 Å². The van der Waals surface area contributed by atoms with Crippen LogP contribution in [0, 0.1) is 0 Å². The number of unbranched alkanes of at least 4 members (excludes halogenated alkanes) is 2. The molecule has 2 amide bonds. The molecule has 0 bridgehead atoms. The second-order valence-electron chi connectivity index (χ2n) is 7.46. The fraction of sp³-hybridized carbons (Fsp3) is 0.360. The first kappa shape index (κ1) is 24.0. The molecule has 0 atom stereocenters. The van der Waals surface area contributed by atoms with Gasteiger partial charge in [0.15, 0.2) is 11.5 Å². The van der Waals surface area contributed by atoms with Crippen LogP contribution >= 0.6 is 0 Å². The molecule has 0 unspecified atom stereocenters. The highest BCUT2D eigenvalue weighted by Gasteiger charge is 2.40. The molecule has 176 valence electrons. The first-order chi connectivity index (χ1) is 16.0. The van der Waals surface area contributed by atoms with E-state index in [4.69, 9.17) is 18.9 Å². The van der Waals surface area contributed by atoms with Crippen LogP contribution in [0.3, 0.4) is 0 Å². The largest absolute Gasteiger partial charge is 0.496 e. The maximum Gasteiger partial charge on any atom is 0.278 e. The zero-order chi connectivity index (χ0) is 24.0. The molecule has 2 aromatic rings. The summed E-state index contributed by atoms with van der Waals surface area (Å²) < 4.78 is 21.7. The summed E-state index contributed by atoms with van der Waals surface area (Å²) >= 11 is 0. The van der Waals surface area contributed by atoms with Crippen molar-refractivity contribution in [3.05, 3.63) is 47.7 Å². The van der Waals surface area contributed by atoms with Gasteiger partial charge in [0.25, 0.3) is 11.8 Å². The zero-order valence-electron chi connectivity index (χ0n) is 19.7. The quantitative estimate of drug-likeness (QED) is 0.404. The molecule has 2 aromatic carbocycles. The minimum Gasteiger partial charge on any atom is -0.496 e. The summed E-state index contributed by atoms with van der Waals surface area (Å²) in [6.45, 7) is 2.42. The number of hydrogen-bond acceptors (Lipinski definition) is 7. The standard InChI is InChI=1S/C25H30N2O6/c1-6-7-10-13-27-24(28)21(17-11-8-9-12-18(17)30-2)22(25(27)29)26-16-14-19(31-3)23(33-5)20(15-16)32-4/h8-9,11-12,14-15,26H,6-7,10,13H2,1-5H3. The van der Waals surface area contributed by atoms with Gasteiger partial charge in [-0.1, -0.05) is 38.0 Å². The number of para-hydroxylation sites is 1. The number of methoxy groups -OCH3 is 4. The molecule has 0 aliphatic carbocycles. The SMILES string of the molecule is CCCCCN1C(=O)C(Nc2cc(OC)c(OC)c(OC)c2)=C(c2ccccc2OC)C1=O.